The molecule has 0 saturated heterocycles. The van der Waals surface area contributed by atoms with E-state index in [1.54, 1.807) is 6.92 Å². The number of hydrogen-bond donors (Lipinski definition) is 0. The fourth-order valence-corrected chi connectivity index (χ4v) is 1.15. The smallest absolute Gasteiger partial charge is 0.305 e. The Morgan fingerprint density at radius 2 is 1.59 bits per heavy atom. The van der Waals surface area contributed by atoms with Gasteiger partial charge in [-0.05, 0) is 19.8 Å². The van der Waals surface area contributed by atoms with E-state index in [4.69, 9.17) is 14.2 Å². The Morgan fingerprint density at radius 3 is 2.12 bits per heavy atom. The molecule has 0 N–H and O–H groups in total. The largest absolute Gasteiger partial charge is 0.460 e. The van der Waals surface area contributed by atoms with Gasteiger partial charge < -0.3 is 14.2 Å². The topological polar surface area (TPSA) is 44.8 Å². The number of esters is 1. The summed E-state index contributed by atoms with van der Waals surface area (Å²) in [6, 6.07) is 0. The molecule has 17 heavy (non-hydrogen) atoms. The van der Waals surface area contributed by atoms with Gasteiger partial charge in [0.1, 0.15) is 6.10 Å². The molecule has 0 aliphatic carbocycles. The summed E-state index contributed by atoms with van der Waals surface area (Å²) in [5, 5.41) is 0. The van der Waals surface area contributed by atoms with E-state index in [0.29, 0.717) is 25.6 Å². The van der Waals surface area contributed by atoms with Crippen LogP contribution >= 0.6 is 0 Å². The molecule has 0 aromatic rings. The molecule has 0 saturated carbocycles. The van der Waals surface area contributed by atoms with Gasteiger partial charge in [0.05, 0.1) is 19.3 Å². The van der Waals surface area contributed by atoms with Crippen molar-refractivity contribution in [1.29, 1.82) is 0 Å². The highest BCUT2D eigenvalue weighted by Crippen LogP contribution is 2.00. The van der Waals surface area contributed by atoms with Crippen LogP contribution in [-0.4, -0.2) is 38.0 Å². The van der Waals surface area contributed by atoms with Gasteiger partial charge in [0.2, 0.25) is 0 Å². The van der Waals surface area contributed by atoms with Crippen LogP contribution in [-0.2, 0) is 19.0 Å². The molecule has 0 spiro atoms. The first-order chi connectivity index (χ1) is 7.95. The van der Waals surface area contributed by atoms with Crippen LogP contribution in [0.25, 0.3) is 0 Å². The lowest BCUT2D eigenvalue weighted by Gasteiger charge is -2.17. The molecule has 4 heteroatoms. The maximum Gasteiger partial charge on any atom is 0.305 e. The van der Waals surface area contributed by atoms with Crippen LogP contribution in [0.15, 0.2) is 0 Å². The lowest BCUT2D eigenvalue weighted by molar-refractivity contribution is -0.151. The molecule has 0 aliphatic rings. The van der Waals surface area contributed by atoms with Crippen molar-refractivity contribution >= 4 is 5.97 Å². The van der Waals surface area contributed by atoms with Gasteiger partial charge in [-0.2, -0.15) is 0 Å². The second-order valence-corrected chi connectivity index (χ2v) is 4.73. The normalized spacial score (nSPS) is 14.7. The third kappa shape index (κ3) is 10.3. The third-order valence-corrected chi connectivity index (χ3v) is 2.04. The maximum atomic E-state index is 11.0. The summed E-state index contributed by atoms with van der Waals surface area (Å²) in [6.07, 6.45) is 0.282. The fraction of sp³-hybridized carbons (Fsp3) is 0.923. The summed E-state index contributed by atoms with van der Waals surface area (Å²) in [4.78, 5) is 11.0. The van der Waals surface area contributed by atoms with Crippen LogP contribution in [0.3, 0.4) is 0 Å². The zero-order chi connectivity index (χ0) is 13.3. The fourth-order valence-electron chi connectivity index (χ4n) is 1.15. The first-order valence-electron chi connectivity index (χ1n) is 6.34. The molecule has 0 rings (SSSR count). The van der Waals surface area contributed by atoms with Crippen molar-refractivity contribution in [3.05, 3.63) is 0 Å². The molecule has 0 heterocycles. The molecule has 2 atom stereocenters. The van der Waals surface area contributed by atoms with Crippen molar-refractivity contribution in [3.63, 3.8) is 0 Å². The second kappa shape index (κ2) is 9.42. The summed E-state index contributed by atoms with van der Waals surface area (Å²) in [5.41, 5.74) is 0. The molecule has 0 bridgehead atoms. The van der Waals surface area contributed by atoms with E-state index in [-0.39, 0.29) is 18.2 Å². The van der Waals surface area contributed by atoms with Gasteiger partial charge in [0, 0.05) is 13.0 Å². The Morgan fingerprint density at radius 1 is 1.00 bits per heavy atom. The second-order valence-electron chi connectivity index (χ2n) is 4.73. The molecule has 0 aromatic carbocycles. The highest BCUT2D eigenvalue weighted by molar-refractivity contribution is 5.69. The van der Waals surface area contributed by atoms with Crippen LogP contribution in [0.5, 0.6) is 0 Å². The number of carbonyl (C=O) groups excluding carboxylic acids is 1. The Kier molecular flexibility index (Phi) is 9.09. The summed E-state index contributed by atoms with van der Waals surface area (Å²) < 4.78 is 16.1. The van der Waals surface area contributed by atoms with Gasteiger partial charge in [-0.3, -0.25) is 4.79 Å². The Hall–Kier alpha value is -0.610. The summed E-state index contributed by atoms with van der Waals surface area (Å²) in [5.74, 6) is 0.340. The molecule has 102 valence electrons. The van der Waals surface area contributed by atoms with Gasteiger partial charge in [0.25, 0.3) is 0 Å². The SMILES string of the molecule is CCC(=O)OC(C)COCC(C)OCC(C)C. The van der Waals surface area contributed by atoms with Crippen molar-refractivity contribution in [2.24, 2.45) is 5.92 Å². The van der Waals surface area contributed by atoms with Crippen molar-refractivity contribution in [1.82, 2.24) is 0 Å². The van der Waals surface area contributed by atoms with Crippen molar-refractivity contribution in [2.75, 3.05) is 19.8 Å². The van der Waals surface area contributed by atoms with Gasteiger partial charge in [-0.1, -0.05) is 20.8 Å². The Bertz CT molecular complexity index is 204. The first kappa shape index (κ1) is 16.4. The molecular formula is C13H26O4. The average molecular weight is 246 g/mol. The number of ether oxygens (including phenoxy) is 3. The van der Waals surface area contributed by atoms with E-state index in [0.717, 1.165) is 6.61 Å². The van der Waals surface area contributed by atoms with E-state index >= 15 is 0 Å². The molecule has 4 nitrogen and oxygen atoms in total. The van der Waals surface area contributed by atoms with E-state index in [1.807, 2.05) is 13.8 Å². The van der Waals surface area contributed by atoms with E-state index in [9.17, 15) is 4.79 Å². The predicted octanol–water partition coefficient (Wildman–Crippen LogP) is 2.41. The molecule has 0 aliphatic heterocycles. The lowest BCUT2D eigenvalue weighted by atomic mass is 10.2. The minimum Gasteiger partial charge on any atom is -0.460 e. The zero-order valence-corrected chi connectivity index (χ0v) is 11.7. The van der Waals surface area contributed by atoms with Crippen molar-refractivity contribution in [3.8, 4) is 0 Å². The number of rotatable bonds is 9. The van der Waals surface area contributed by atoms with E-state index < -0.39 is 0 Å². The van der Waals surface area contributed by atoms with Crippen LogP contribution in [0.1, 0.15) is 41.0 Å². The average Bonchev–Trinajstić information content (AvgIpc) is 2.26. The summed E-state index contributed by atoms with van der Waals surface area (Å²) in [6.45, 7) is 11.5. The molecule has 0 aromatic heterocycles. The Balaban J connectivity index is 3.51. The van der Waals surface area contributed by atoms with Crippen LogP contribution < -0.4 is 0 Å². The maximum absolute atomic E-state index is 11.0. The molecule has 2 unspecified atom stereocenters. The molecule has 0 radical (unpaired) electrons. The quantitative estimate of drug-likeness (QED) is 0.586. The van der Waals surface area contributed by atoms with Crippen molar-refractivity contribution < 1.29 is 19.0 Å². The number of hydrogen-bond acceptors (Lipinski definition) is 4. The minimum atomic E-state index is -0.195. The van der Waals surface area contributed by atoms with Gasteiger partial charge >= 0.3 is 5.97 Å². The minimum absolute atomic E-state index is 0.0754. The third-order valence-electron chi connectivity index (χ3n) is 2.04. The lowest BCUT2D eigenvalue weighted by Crippen LogP contribution is -2.24. The van der Waals surface area contributed by atoms with Gasteiger partial charge in [-0.25, -0.2) is 0 Å². The molecular weight excluding hydrogens is 220 g/mol. The van der Waals surface area contributed by atoms with Crippen LogP contribution in [0, 0.1) is 5.92 Å². The standard InChI is InChI=1S/C13H26O4/c1-6-13(14)17-12(5)9-15-8-11(4)16-7-10(2)3/h10-12H,6-9H2,1-5H3. The first-order valence-corrected chi connectivity index (χ1v) is 6.34. The summed E-state index contributed by atoms with van der Waals surface area (Å²) >= 11 is 0. The van der Waals surface area contributed by atoms with Gasteiger partial charge in [0.15, 0.2) is 0 Å². The predicted molar refractivity (Wildman–Crippen MR) is 66.9 cm³/mol. The summed E-state index contributed by atoms with van der Waals surface area (Å²) in [7, 11) is 0. The van der Waals surface area contributed by atoms with E-state index in [2.05, 4.69) is 13.8 Å². The highest BCUT2D eigenvalue weighted by atomic mass is 16.6. The van der Waals surface area contributed by atoms with Crippen LogP contribution in [0.2, 0.25) is 0 Å². The zero-order valence-electron chi connectivity index (χ0n) is 11.7. The molecule has 0 amide bonds. The van der Waals surface area contributed by atoms with E-state index in [1.165, 1.54) is 0 Å². The van der Waals surface area contributed by atoms with Crippen LogP contribution in [0.4, 0.5) is 0 Å². The van der Waals surface area contributed by atoms with Crippen molar-refractivity contribution in [2.45, 2.75) is 53.2 Å². The Labute approximate surface area is 105 Å². The molecule has 0 fully saturated rings. The number of carbonyl (C=O) groups is 1. The van der Waals surface area contributed by atoms with Gasteiger partial charge in [-0.15, -0.1) is 0 Å². The highest BCUT2D eigenvalue weighted by Gasteiger charge is 2.09. The monoisotopic (exact) mass is 246 g/mol.